The van der Waals surface area contributed by atoms with Crippen molar-refractivity contribution in [2.24, 2.45) is 0 Å². The first-order valence-electron chi connectivity index (χ1n) is 17.2. The minimum absolute atomic E-state index is 0.892. The second-order valence-electron chi connectivity index (χ2n) is 12.9. The summed E-state index contributed by atoms with van der Waals surface area (Å²) in [4.78, 5) is 10.4. The van der Waals surface area contributed by atoms with Crippen LogP contribution in [0.15, 0.2) is 193 Å². The number of rotatable bonds is 6. The van der Waals surface area contributed by atoms with Crippen LogP contribution in [0, 0.1) is 0 Å². The molecule has 6 aromatic carbocycles. The Kier molecular flexibility index (Phi) is 6.79. The summed E-state index contributed by atoms with van der Waals surface area (Å²) in [7, 11) is -3.05. The molecule has 0 aliphatic heterocycles. The zero-order valence-corrected chi connectivity index (χ0v) is 28.6. The predicted octanol–water partition coefficient (Wildman–Crippen LogP) is 8.52. The molecular formula is C46H31N3OSi. The summed E-state index contributed by atoms with van der Waals surface area (Å²) in [6, 6.07) is 64.7. The molecule has 10 rings (SSSR count). The van der Waals surface area contributed by atoms with E-state index in [1.54, 1.807) is 0 Å². The van der Waals surface area contributed by atoms with E-state index in [1.165, 1.54) is 26.3 Å². The highest BCUT2D eigenvalue weighted by Gasteiger charge is 2.45. The standard InChI is InChI=1S/C46H31N3OSi/c1-3-15-33(16-4-1)51(34-17-5-2-6-18-34,43-25-13-21-37-36-20-8-10-24-42(36)50-46(37)43)45-27-14-22-39(48-45)32-28-29-41-38(31-32)35-19-7-9-23-40(35)49(41)44-26-11-12-30-47-44/h1-31H. The lowest BCUT2D eigenvalue weighted by Crippen LogP contribution is -2.75. The van der Waals surface area contributed by atoms with Gasteiger partial charge in [0.1, 0.15) is 17.0 Å². The lowest BCUT2D eigenvalue weighted by atomic mass is 10.1. The SMILES string of the molecule is c1ccc([Si](c2ccccc2)(c2cccc(-c3ccc4c(c3)c3ccccc3n4-c3ccccn3)n2)c2cccc3c2oc2ccccc23)cc1. The average Bonchev–Trinajstić information content (AvgIpc) is 3.76. The fourth-order valence-corrected chi connectivity index (χ4v) is 12.7. The summed E-state index contributed by atoms with van der Waals surface area (Å²) in [5.74, 6) is 0.901. The first-order valence-corrected chi connectivity index (χ1v) is 19.2. The molecule has 240 valence electrons. The van der Waals surface area contributed by atoms with E-state index >= 15 is 0 Å². The van der Waals surface area contributed by atoms with E-state index in [1.807, 2.05) is 24.4 Å². The number of fused-ring (bicyclic) bond motifs is 6. The van der Waals surface area contributed by atoms with Gasteiger partial charge in [-0.2, -0.15) is 0 Å². The van der Waals surface area contributed by atoms with E-state index in [0.29, 0.717) is 0 Å². The second kappa shape index (κ2) is 11.8. The summed E-state index contributed by atoms with van der Waals surface area (Å²) < 4.78 is 9.04. The Morgan fingerprint density at radius 1 is 0.490 bits per heavy atom. The maximum atomic E-state index is 6.80. The Morgan fingerprint density at radius 3 is 1.94 bits per heavy atom. The van der Waals surface area contributed by atoms with Crippen LogP contribution in [0.3, 0.4) is 0 Å². The number of nitrogens with zero attached hydrogens (tertiary/aromatic N) is 3. The maximum absolute atomic E-state index is 6.80. The summed E-state index contributed by atoms with van der Waals surface area (Å²) in [5, 5.41) is 9.35. The Bertz CT molecular complexity index is 2820. The van der Waals surface area contributed by atoms with Crippen LogP contribution in [0.2, 0.25) is 0 Å². The fourth-order valence-electron chi connectivity index (χ4n) is 8.00. The molecule has 0 atom stereocenters. The molecule has 0 saturated heterocycles. The van der Waals surface area contributed by atoms with Gasteiger partial charge in [-0.25, -0.2) is 4.98 Å². The van der Waals surface area contributed by atoms with Crippen LogP contribution in [0.1, 0.15) is 0 Å². The number of furan rings is 1. The molecule has 4 aromatic heterocycles. The van der Waals surface area contributed by atoms with Gasteiger partial charge < -0.3 is 4.42 Å². The summed E-state index contributed by atoms with van der Waals surface area (Å²) in [5.41, 5.74) is 6.06. The topological polar surface area (TPSA) is 43.9 Å². The third kappa shape index (κ3) is 4.52. The van der Waals surface area contributed by atoms with Crippen LogP contribution < -0.4 is 20.9 Å². The van der Waals surface area contributed by atoms with Crippen molar-refractivity contribution in [1.29, 1.82) is 0 Å². The van der Waals surface area contributed by atoms with Crippen LogP contribution in [0.4, 0.5) is 0 Å². The average molecular weight is 670 g/mol. The predicted molar refractivity (Wildman–Crippen MR) is 213 cm³/mol. The van der Waals surface area contributed by atoms with Crippen molar-refractivity contribution in [3.8, 4) is 17.1 Å². The zero-order chi connectivity index (χ0) is 33.8. The lowest BCUT2D eigenvalue weighted by molar-refractivity contribution is 0.671. The monoisotopic (exact) mass is 669 g/mol. The van der Waals surface area contributed by atoms with Crippen molar-refractivity contribution in [3.05, 3.63) is 188 Å². The summed E-state index contributed by atoms with van der Waals surface area (Å²) in [6.07, 6.45) is 1.85. The number of aromatic nitrogens is 3. The van der Waals surface area contributed by atoms with Crippen LogP contribution in [0.25, 0.3) is 60.8 Å². The molecule has 0 aliphatic carbocycles. The molecule has 0 saturated carbocycles. The molecule has 0 unspecified atom stereocenters. The minimum Gasteiger partial charge on any atom is -0.456 e. The maximum Gasteiger partial charge on any atom is 0.205 e. The van der Waals surface area contributed by atoms with Crippen LogP contribution >= 0.6 is 0 Å². The first-order chi connectivity index (χ1) is 25.3. The van der Waals surface area contributed by atoms with Gasteiger partial charge in [0.05, 0.1) is 16.7 Å². The largest absolute Gasteiger partial charge is 0.456 e. The van der Waals surface area contributed by atoms with Crippen molar-refractivity contribution >= 4 is 72.7 Å². The van der Waals surface area contributed by atoms with Crippen LogP contribution in [-0.2, 0) is 0 Å². The molecule has 0 amide bonds. The van der Waals surface area contributed by atoms with Gasteiger partial charge in [0.2, 0.25) is 8.07 Å². The van der Waals surface area contributed by atoms with E-state index < -0.39 is 8.07 Å². The highest BCUT2D eigenvalue weighted by molar-refractivity contribution is 7.20. The summed E-state index contributed by atoms with van der Waals surface area (Å²) >= 11 is 0. The van der Waals surface area contributed by atoms with Gasteiger partial charge in [-0.05, 0) is 64.1 Å². The zero-order valence-electron chi connectivity index (χ0n) is 27.6. The van der Waals surface area contributed by atoms with Gasteiger partial charge in [-0.15, -0.1) is 0 Å². The number of benzene rings is 6. The molecule has 0 spiro atoms. The summed E-state index contributed by atoms with van der Waals surface area (Å²) in [6.45, 7) is 0. The molecule has 10 aromatic rings. The van der Waals surface area contributed by atoms with Gasteiger partial charge in [0.25, 0.3) is 0 Å². The van der Waals surface area contributed by atoms with Crippen molar-refractivity contribution in [3.63, 3.8) is 0 Å². The third-order valence-corrected chi connectivity index (χ3v) is 14.8. The molecule has 4 heterocycles. The molecule has 5 heteroatoms. The van der Waals surface area contributed by atoms with Gasteiger partial charge in [0, 0.05) is 38.6 Å². The minimum atomic E-state index is -3.05. The van der Waals surface area contributed by atoms with E-state index in [-0.39, 0.29) is 0 Å². The Labute approximate surface area is 295 Å². The number of para-hydroxylation sites is 3. The quantitative estimate of drug-likeness (QED) is 0.132. The Hall–Kier alpha value is -6.56. The normalized spacial score (nSPS) is 11.9. The van der Waals surface area contributed by atoms with Gasteiger partial charge >= 0.3 is 0 Å². The van der Waals surface area contributed by atoms with E-state index in [4.69, 9.17) is 14.4 Å². The number of hydrogen-bond donors (Lipinski definition) is 0. The second-order valence-corrected chi connectivity index (χ2v) is 16.6. The van der Waals surface area contributed by atoms with Crippen molar-refractivity contribution in [1.82, 2.24) is 14.5 Å². The molecule has 4 nitrogen and oxygen atoms in total. The lowest BCUT2D eigenvalue weighted by Gasteiger charge is -2.33. The first kappa shape index (κ1) is 29.4. The van der Waals surface area contributed by atoms with E-state index in [0.717, 1.165) is 55.4 Å². The molecule has 0 N–H and O–H groups in total. The van der Waals surface area contributed by atoms with Crippen molar-refractivity contribution < 1.29 is 4.42 Å². The molecule has 0 bridgehead atoms. The molecule has 0 aliphatic rings. The smallest absolute Gasteiger partial charge is 0.205 e. The van der Waals surface area contributed by atoms with Gasteiger partial charge in [-0.1, -0.05) is 133 Å². The molecule has 0 fully saturated rings. The van der Waals surface area contributed by atoms with E-state index in [9.17, 15) is 0 Å². The van der Waals surface area contributed by atoms with Crippen molar-refractivity contribution in [2.45, 2.75) is 0 Å². The van der Waals surface area contributed by atoms with Gasteiger partial charge in [-0.3, -0.25) is 9.55 Å². The fraction of sp³-hybridized carbons (Fsp3) is 0. The van der Waals surface area contributed by atoms with Crippen LogP contribution in [-0.4, -0.2) is 22.6 Å². The number of pyridine rings is 2. The highest BCUT2D eigenvalue weighted by atomic mass is 28.3. The molecular weight excluding hydrogens is 639 g/mol. The van der Waals surface area contributed by atoms with E-state index in [2.05, 4.69) is 168 Å². The van der Waals surface area contributed by atoms with Crippen LogP contribution in [0.5, 0.6) is 0 Å². The highest BCUT2D eigenvalue weighted by Crippen LogP contribution is 2.34. The number of hydrogen-bond acceptors (Lipinski definition) is 3. The molecule has 51 heavy (non-hydrogen) atoms. The Balaban J connectivity index is 1.25. The van der Waals surface area contributed by atoms with Gasteiger partial charge in [0.15, 0.2) is 0 Å². The Morgan fingerprint density at radius 2 is 1.16 bits per heavy atom. The third-order valence-electron chi connectivity index (χ3n) is 10.2. The molecule has 0 radical (unpaired) electrons. The van der Waals surface area contributed by atoms with Crippen molar-refractivity contribution in [2.75, 3.05) is 0 Å².